The molecule has 9 heteroatoms. The molecule has 0 radical (unpaired) electrons. The highest BCUT2D eigenvalue weighted by atomic mass is 35.5. The Bertz CT molecular complexity index is 1300. The van der Waals surface area contributed by atoms with Crippen LogP contribution in [-0.4, -0.2) is 57.9 Å². The summed E-state index contributed by atoms with van der Waals surface area (Å²) in [6, 6.07) is 15.6. The quantitative estimate of drug-likeness (QED) is 0.458. The monoisotopic (exact) mass is 556 g/mol. The van der Waals surface area contributed by atoms with E-state index in [1.165, 1.54) is 11.8 Å². The van der Waals surface area contributed by atoms with Crippen LogP contribution in [0.4, 0.5) is 0 Å². The minimum Gasteiger partial charge on any atom is -0.339 e. The lowest BCUT2D eigenvalue weighted by Crippen LogP contribution is -2.61. The van der Waals surface area contributed by atoms with Crippen molar-refractivity contribution in [3.63, 3.8) is 0 Å². The molecule has 37 heavy (non-hydrogen) atoms. The van der Waals surface area contributed by atoms with E-state index in [4.69, 9.17) is 28.2 Å². The summed E-state index contributed by atoms with van der Waals surface area (Å²) in [6.45, 7) is 9.06. The molecule has 0 unspecified atom stereocenters. The number of rotatable bonds is 5. The van der Waals surface area contributed by atoms with Crippen LogP contribution in [0, 0.1) is 5.92 Å². The Labute approximate surface area is 232 Å². The lowest BCUT2D eigenvalue weighted by molar-refractivity contribution is -0.141. The van der Waals surface area contributed by atoms with Gasteiger partial charge in [-0.3, -0.25) is 9.59 Å². The van der Waals surface area contributed by atoms with Crippen LogP contribution >= 0.6 is 35.0 Å². The Balaban J connectivity index is 1.56. The first-order chi connectivity index (χ1) is 17.5. The lowest BCUT2D eigenvalue weighted by Gasteiger charge is -2.43. The second kappa shape index (κ2) is 9.68. The lowest BCUT2D eigenvalue weighted by atomic mass is 9.81. The first kappa shape index (κ1) is 26.1. The number of allylic oxidation sites excluding steroid dienone is 1. The fourth-order valence-electron chi connectivity index (χ4n) is 5.35. The number of benzene rings is 2. The van der Waals surface area contributed by atoms with Crippen molar-refractivity contribution in [3.8, 4) is 0 Å². The average molecular weight is 558 g/mol. The van der Waals surface area contributed by atoms with Crippen molar-refractivity contribution in [1.82, 2.24) is 14.7 Å². The van der Waals surface area contributed by atoms with E-state index >= 15 is 0 Å². The molecule has 0 saturated carbocycles. The first-order valence-corrected chi connectivity index (χ1v) is 13.9. The van der Waals surface area contributed by atoms with Gasteiger partial charge < -0.3 is 14.7 Å². The summed E-state index contributed by atoms with van der Waals surface area (Å²) in [5.74, 6) is 0.101. The number of thioether (sulfide) groups is 1. The summed E-state index contributed by atoms with van der Waals surface area (Å²) >= 11 is 13.9. The molecule has 1 saturated heterocycles. The van der Waals surface area contributed by atoms with E-state index in [1.807, 2.05) is 55.6 Å². The molecule has 5 rings (SSSR count). The van der Waals surface area contributed by atoms with Crippen LogP contribution in [0.15, 0.2) is 64.1 Å². The second-order valence-corrected chi connectivity index (χ2v) is 12.2. The zero-order valence-electron chi connectivity index (χ0n) is 21.5. The molecule has 1 fully saturated rings. The number of halogens is 2. The Morgan fingerprint density at radius 2 is 1.62 bits per heavy atom. The van der Waals surface area contributed by atoms with Crippen molar-refractivity contribution in [3.05, 3.63) is 80.3 Å². The number of aliphatic imine (C=N–C) groups is 1. The van der Waals surface area contributed by atoms with Gasteiger partial charge in [-0.1, -0.05) is 61.3 Å². The molecular formula is C28H30Cl2N4O2S. The predicted molar refractivity (Wildman–Crippen MR) is 151 cm³/mol. The molecule has 3 heterocycles. The maximum atomic E-state index is 13.8. The minimum atomic E-state index is -0.600. The van der Waals surface area contributed by atoms with Crippen molar-refractivity contribution >= 4 is 51.9 Å². The van der Waals surface area contributed by atoms with Crippen LogP contribution in [0.3, 0.4) is 0 Å². The van der Waals surface area contributed by atoms with E-state index in [-0.39, 0.29) is 29.8 Å². The third-order valence-electron chi connectivity index (χ3n) is 7.54. The summed E-state index contributed by atoms with van der Waals surface area (Å²) in [6.07, 6.45) is 0. The molecule has 0 spiro atoms. The van der Waals surface area contributed by atoms with Crippen molar-refractivity contribution in [2.75, 3.05) is 20.1 Å². The summed E-state index contributed by atoms with van der Waals surface area (Å²) < 4.78 is 0. The Morgan fingerprint density at radius 3 is 2.16 bits per heavy atom. The first-order valence-electron chi connectivity index (χ1n) is 12.4. The maximum Gasteiger partial charge on any atom is 0.262 e. The number of likely N-dealkylation sites (N-methyl/N-ethyl adjacent to an activating group) is 1. The molecule has 3 aliphatic heterocycles. The molecule has 2 amide bonds. The van der Waals surface area contributed by atoms with Crippen LogP contribution in [0.1, 0.15) is 44.9 Å². The summed E-state index contributed by atoms with van der Waals surface area (Å²) in [7, 11) is 1.83. The van der Waals surface area contributed by atoms with Crippen molar-refractivity contribution in [1.29, 1.82) is 0 Å². The third kappa shape index (κ3) is 4.45. The van der Waals surface area contributed by atoms with Crippen molar-refractivity contribution in [2.45, 2.75) is 45.3 Å². The van der Waals surface area contributed by atoms with E-state index in [9.17, 15) is 9.59 Å². The number of likely N-dealkylation sites (tertiary alicyclic amines) is 1. The second-order valence-electron chi connectivity index (χ2n) is 10.3. The Morgan fingerprint density at radius 1 is 1.05 bits per heavy atom. The highest BCUT2D eigenvalue weighted by Crippen LogP contribution is 2.56. The van der Waals surface area contributed by atoms with Gasteiger partial charge in [0.2, 0.25) is 5.91 Å². The number of nitrogens with zero attached hydrogens (tertiary/aromatic N) is 4. The number of carbonyl (C=O) groups is 2. The smallest absolute Gasteiger partial charge is 0.262 e. The summed E-state index contributed by atoms with van der Waals surface area (Å²) in [5, 5.41) is 2.16. The van der Waals surface area contributed by atoms with E-state index < -0.39 is 5.54 Å². The van der Waals surface area contributed by atoms with Crippen molar-refractivity contribution in [2.24, 2.45) is 10.9 Å². The van der Waals surface area contributed by atoms with E-state index in [0.29, 0.717) is 28.0 Å². The normalized spacial score (nSPS) is 23.4. The maximum absolute atomic E-state index is 13.8. The summed E-state index contributed by atoms with van der Waals surface area (Å²) in [4.78, 5) is 37.2. The number of amides is 2. The predicted octanol–water partition coefficient (Wildman–Crippen LogP) is 5.93. The zero-order chi connectivity index (χ0) is 26.6. The van der Waals surface area contributed by atoms with Gasteiger partial charge in [0, 0.05) is 42.8 Å². The number of fused-ring (bicyclic) bond motifs is 1. The molecule has 0 N–H and O–H groups in total. The van der Waals surface area contributed by atoms with Gasteiger partial charge in [-0.15, -0.1) is 0 Å². The molecule has 3 aliphatic rings. The van der Waals surface area contributed by atoms with E-state index in [0.717, 1.165) is 22.0 Å². The van der Waals surface area contributed by atoms with Gasteiger partial charge >= 0.3 is 0 Å². The van der Waals surface area contributed by atoms with E-state index in [2.05, 4.69) is 25.7 Å². The van der Waals surface area contributed by atoms with Crippen LogP contribution < -0.4 is 0 Å². The number of carbonyl (C=O) groups excluding carboxylic acids is 2. The Kier molecular flexibility index (Phi) is 6.84. The van der Waals surface area contributed by atoms with Gasteiger partial charge in [-0.05, 0) is 60.0 Å². The summed E-state index contributed by atoms with van der Waals surface area (Å²) in [5.41, 5.74) is 2.49. The number of amidine groups is 1. The molecule has 0 aromatic heterocycles. The molecule has 0 aliphatic carbocycles. The van der Waals surface area contributed by atoms with Crippen LogP contribution in [0.2, 0.25) is 10.0 Å². The standard InChI is InChI=1S/C28H30Cl2N4O2S/c1-16(2)23-24(26(36)32(5)22-14-33(15-22)17(3)35)37-27-31-28(4,19-8-12-21(30)13-9-19)25(34(23)27)18-6-10-20(29)11-7-18/h6-13,16,22,25H,14-15H2,1-5H3/t25-,28+/m1/s1. The topological polar surface area (TPSA) is 56.2 Å². The van der Waals surface area contributed by atoms with Crippen LogP contribution in [-0.2, 0) is 15.1 Å². The molecular weight excluding hydrogens is 527 g/mol. The van der Waals surface area contributed by atoms with Crippen LogP contribution in [0.25, 0.3) is 0 Å². The van der Waals surface area contributed by atoms with Gasteiger partial charge in [0.1, 0.15) is 10.4 Å². The van der Waals surface area contributed by atoms with Gasteiger partial charge in [0.15, 0.2) is 5.17 Å². The van der Waals surface area contributed by atoms with Crippen LogP contribution in [0.5, 0.6) is 0 Å². The Hall–Kier alpha value is -2.48. The molecule has 194 valence electrons. The minimum absolute atomic E-state index is 0.0155. The molecule has 2 aromatic carbocycles. The number of hydrogen-bond acceptors (Lipinski definition) is 5. The fraction of sp³-hybridized carbons (Fsp3) is 0.393. The van der Waals surface area contributed by atoms with Gasteiger partial charge in [-0.25, -0.2) is 4.99 Å². The fourth-order valence-corrected chi connectivity index (χ4v) is 6.99. The number of hydrogen-bond donors (Lipinski definition) is 0. The highest BCUT2D eigenvalue weighted by molar-refractivity contribution is 8.18. The van der Waals surface area contributed by atoms with E-state index in [1.54, 1.807) is 16.7 Å². The van der Waals surface area contributed by atoms with Gasteiger partial charge in [0.05, 0.1) is 12.1 Å². The molecule has 0 bridgehead atoms. The third-order valence-corrected chi connectivity index (χ3v) is 9.10. The zero-order valence-corrected chi connectivity index (χ0v) is 23.9. The largest absolute Gasteiger partial charge is 0.339 e. The SMILES string of the molecule is CC(=O)N1CC(N(C)C(=O)C2=C(C(C)C)N3C(=N[C@@](C)(c4ccc(Cl)cc4)[C@H]3c3ccc(Cl)cc3)S2)C1. The molecule has 6 nitrogen and oxygen atoms in total. The molecule has 2 aromatic rings. The average Bonchev–Trinajstić information content (AvgIpc) is 3.31. The highest BCUT2D eigenvalue weighted by Gasteiger charge is 2.53. The van der Waals surface area contributed by atoms with Gasteiger partial charge in [0.25, 0.3) is 5.91 Å². The molecule has 2 atom stereocenters. The van der Waals surface area contributed by atoms with Crippen molar-refractivity contribution < 1.29 is 9.59 Å². The van der Waals surface area contributed by atoms with Gasteiger partial charge in [-0.2, -0.15) is 0 Å².